The molecule has 0 spiro atoms. The van der Waals surface area contributed by atoms with Gasteiger partial charge in [-0.3, -0.25) is 0 Å². The Morgan fingerprint density at radius 2 is 1.80 bits per heavy atom. The molecule has 0 bridgehead atoms. The second-order valence-corrected chi connectivity index (χ2v) is 6.13. The van der Waals surface area contributed by atoms with Gasteiger partial charge in [-0.05, 0) is 23.8 Å². The lowest BCUT2D eigenvalue weighted by Gasteiger charge is -2.08. The van der Waals surface area contributed by atoms with Gasteiger partial charge in [0.25, 0.3) is 0 Å². The van der Waals surface area contributed by atoms with Gasteiger partial charge in [0.2, 0.25) is 10.0 Å². The Bertz CT molecular complexity index is 735. The second-order valence-electron chi connectivity index (χ2n) is 3.99. The molecule has 2 aromatic carbocycles. The molecule has 0 aliphatic heterocycles. The predicted octanol–water partition coefficient (Wildman–Crippen LogP) is 3.10. The van der Waals surface area contributed by atoms with Crippen LogP contribution in [0.25, 0.3) is 0 Å². The van der Waals surface area contributed by atoms with E-state index in [1.807, 2.05) is 0 Å². The van der Waals surface area contributed by atoms with Crippen molar-refractivity contribution < 1.29 is 17.2 Å². The zero-order chi connectivity index (χ0) is 14.8. The molecule has 2 rings (SSSR count). The first kappa shape index (κ1) is 14.9. The highest BCUT2D eigenvalue weighted by atomic mass is 35.5. The van der Waals surface area contributed by atoms with Gasteiger partial charge in [-0.25, -0.2) is 21.9 Å². The third-order valence-corrected chi connectivity index (χ3v) is 4.40. The predicted molar refractivity (Wildman–Crippen MR) is 71.8 cm³/mol. The van der Waals surface area contributed by atoms with E-state index in [2.05, 4.69) is 4.72 Å². The zero-order valence-electron chi connectivity index (χ0n) is 10.1. The number of rotatable bonds is 4. The van der Waals surface area contributed by atoms with Crippen LogP contribution in [0.4, 0.5) is 8.78 Å². The minimum Gasteiger partial charge on any atom is -0.207 e. The van der Waals surface area contributed by atoms with Crippen LogP contribution < -0.4 is 4.72 Å². The van der Waals surface area contributed by atoms with E-state index in [0.717, 1.165) is 12.1 Å². The molecule has 0 saturated heterocycles. The highest BCUT2D eigenvalue weighted by Gasteiger charge is 2.19. The Hall–Kier alpha value is -1.50. The van der Waals surface area contributed by atoms with Crippen LogP contribution in [0.15, 0.2) is 47.4 Å². The van der Waals surface area contributed by atoms with Gasteiger partial charge in [0.05, 0.1) is 0 Å². The van der Waals surface area contributed by atoms with E-state index in [4.69, 9.17) is 11.6 Å². The summed E-state index contributed by atoms with van der Waals surface area (Å²) in [7, 11) is -4.07. The molecule has 3 nitrogen and oxygen atoms in total. The van der Waals surface area contributed by atoms with Gasteiger partial charge in [-0.1, -0.05) is 29.8 Å². The van der Waals surface area contributed by atoms with Crippen LogP contribution in [-0.4, -0.2) is 8.42 Å². The van der Waals surface area contributed by atoms with Crippen LogP contribution in [0.1, 0.15) is 5.56 Å². The average Bonchev–Trinajstić information content (AvgIpc) is 2.37. The number of benzene rings is 2. The van der Waals surface area contributed by atoms with Crippen LogP contribution in [-0.2, 0) is 16.6 Å². The largest absolute Gasteiger partial charge is 0.243 e. The Kier molecular flexibility index (Phi) is 4.37. The van der Waals surface area contributed by atoms with Crippen LogP contribution in [0.5, 0.6) is 0 Å². The fraction of sp³-hybridized carbons (Fsp3) is 0.0769. The molecule has 0 fully saturated rings. The van der Waals surface area contributed by atoms with Gasteiger partial charge in [-0.15, -0.1) is 0 Å². The summed E-state index contributed by atoms with van der Waals surface area (Å²) in [5, 5.41) is 0.398. The molecule has 0 aliphatic rings. The smallest absolute Gasteiger partial charge is 0.207 e. The summed E-state index contributed by atoms with van der Waals surface area (Å²) < 4.78 is 52.3. The molecule has 0 amide bonds. The summed E-state index contributed by atoms with van der Waals surface area (Å²) in [4.78, 5) is -0.606. The normalized spacial score (nSPS) is 11.6. The maximum atomic E-state index is 13.5. The monoisotopic (exact) mass is 317 g/mol. The van der Waals surface area contributed by atoms with Gasteiger partial charge in [0.1, 0.15) is 16.5 Å². The van der Waals surface area contributed by atoms with Gasteiger partial charge >= 0.3 is 0 Å². The van der Waals surface area contributed by atoms with Crippen molar-refractivity contribution in [3.8, 4) is 0 Å². The highest BCUT2D eigenvalue weighted by Crippen LogP contribution is 2.18. The lowest BCUT2D eigenvalue weighted by Crippen LogP contribution is -2.24. The van der Waals surface area contributed by atoms with Crippen LogP contribution >= 0.6 is 11.6 Å². The van der Waals surface area contributed by atoms with Gasteiger partial charge in [0.15, 0.2) is 0 Å². The number of sulfonamides is 1. The lowest BCUT2D eigenvalue weighted by atomic mass is 10.2. The first-order valence-corrected chi connectivity index (χ1v) is 7.44. The minimum atomic E-state index is -4.07. The Morgan fingerprint density at radius 1 is 1.10 bits per heavy atom. The topological polar surface area (TPSA) is 46.2 Å². The fourth-order valence-corrected chi connectivity index (χ4v) is 2.85. The third-order valence-electron chi connectivity index (χ3n) is 2.59. The average molecular weight is 318 g/mol. The molecule has 7 heteroatoms. The first-order valence-electron chi connectivity index (χ1n) is 5.58. The van der Waals surface area contributed by atoms with E-state index in [9.17, 15) is 17.2 Å². The molecule has 20 heavy (non-hydrogen) atoms. The van der Waals surface area contributed by atoms with E-state index in [1.54, 1.807) is 24.3 Å². The van der Waals surface area contributed by atoms with E-state index in [-0.39, 0.29) is 6.54 Å². The van der Waals surface area contributed by atoms with Gasteiger partial charge < -0.3 is 0 Å². The summed E-state index contributed by atoms with van der Waals surface area (Å²) in [5.41, 5.74) is 0.556. The summed E-state index contributed by atoms with van der Waals surface area (Å²) in [6, 6.07) is 8.94. The Balaban J connectivity index is 2.22. The van der Waals surface area contributed by atoms with E-state index in [1.165, 1.54) is 0 Å². The van der Waals surface area contributed by atoms with Crippen molar-refractivity contribution in [2.45, 2.75) is 11.4 Å². The highest BCUT2D eigenvalue weighted by molar-refractivity contribution is 7.89. The van der Waals surface area contributed by atoms with Crippen molar-refractivity contribution in [2.24, 2.45) is 0 Å². The van der Waals surface area contributed by atoms with E-state index in [0.29, 0.717) is 16.7 Å². The van der Waals surface area contributed by atoms with E-state index < -0.39 is 26.6 Å². The summed E-state index contributed by atoms with van der Waals surface area (Å²) in [6.07, 6.45) is 0. The number of hydrogen-bond donors (Lipinski definition) is 1. The van der Waals surface area contributed by atoms with E-state index >= 15 is 0 Å². The second kappa shape index (κ2) is 5.87. The Morgan fingerprint density at radius 3 is 2.45 bits per heavy atom. The molecule has 1 N–H and O–H groups in total. The number of hydrogen-bond acceptors (Lipinski definition) is 2. The number of halogens is 3. The minimum absolute atomic E-state index is 0.0845. The first-order chi connectivity index (χ1) is 9.40. The standard InChI is InChI=1S/C13H10ClF2NO2S/c14-11-4-2-1-3-9(11)8-17-20(18,19)13-6-5-10(15)7-12(13)16/h1-7,17H,8H2. The third kappa shape index (κ3) is 3.33. The Labute approximate surface area is 120 Å². The quantitative estimate of drug-likeness (QED) is 0.942. The molecule has 2 aromatic rings. The van der Waals surface area contributed by atoms with Crippen molar-refractivity contribution in [2.75, 3.05) is 0 Å². The van der Waals surface area contributed by atoms with Gasteiger partial charge in [0, 0.05) is 17.6 Å². The maximum Gasteiger partial charge on any atom is 0.243 e. The molecule has 0 aliphatic carbocycles. The summed E-state index contributed by atoms with van der Waals surface area (Å²) in [6.45, 7) is -0.0845. The van der Waals surface area contributed by atoms with Crippen molar-refractivity contribution in [1.29, 1.82) is 0 Å². The van der Waals surface area contributed by atoms with Crippen LogP contribution in [0.3, 0.4) is 0 Å². The molecule has 0 unspecified atom stereocenters. The molecule has 0 heterocycles. The molecule has 0 radical (unpaired) electrons. The SMILES string of the molecule is O=S(=O)(NCc1ccccc1Cl)c1ccc(F)cc1F. The van der Waals surface area contributed by atoms with Crippen LogP contribution in [0.2, 0.25) is 5.02 Å². The van der Waals surface area contributed by atoms with Crippen molar-refractivity contribution in [3.63, 3.8) is 0 Å². The molecule has 106 valence electrons. The zero-order valence-corrected chi connectivity index (χ0v) is 11.7. The maximum absolute atomic E-state index is 13.5. The molecule has 0 atom stereocenters. The molecular formula is C13H10ClF2NO2S. The van der Waals surface area contributed by atoms with Crippen molar-refractivity contribution in [3.05, 3.63) is 64.7 Å². The fourth-order valence-electron chi connectivity index (χ4n) is 1.59. The lowest BCUT2D eigenvalue weighted by molar-refractivity contribution is 0.543. The van der Waals surface area contributed by atoms with Crippen molar-refractivity contribution >= 4 is 21.6 Å². The van der Waals surface area contributed by atoms with Crippen LogP contribution in [0, 0.1) is 11.6 Å². The van der Waals surface area contributed by atoms with Crippen molar-refractivity contribution in [1.82, 2.24) is 4.72 Å². The molecular weight excluding hydrogens is 308 g/mol. The molecule has 0 saturated carbocycles. The number of nitrogens with one attached hydrogen (secondary N) is 1. The summed E-state index contributed by atoms with van der Waals surface area (Å²) in [5.74, 6) is -1.98. The summed E-state index contributed by atoms with van der Waals surface area (Å²) >= 11 is 5.89. The van der Waals surface area contributed by atoms with Gasteiger partial charge in [-0.2, -0.15) is 0 Å². The molecule has 0 aromatic heterocycles.